The van der Waals surface area contributed by atoms with Gasteiger partial charge in [0.25, 0.3) is 0 Å². The fourth-order valence-corrected chi connectivity index (χ4v) is 2.11. The summed E-state index contributed by atoms with van der Waals surface area (Å²) < 4.78 is 3.18. The van der Waals surface area contributed by atoms with E-state index in [2.05, 4.69) is 70.6 Å². The Morgan fingerprint density at radius 2 is 1.83 bits per heavy atom. The first-order valence-corrected chi connectivity index (χ1v) is 5.14. The normalized spacial score (nSPS) is 11.6. The summed E-state index contributed by atoms with van der Waals surface area (Å²) >= 11 is 2.19. The number of hydrogen-bond donors (Lipinski definition) is 1. The van der Waals surface area contributed by atoms with Crippen LogP contribution in [0.4, 0.5) is 0 Å². The van der Waals surface area contributed by atoms with Gasteiger partial charge in [-0.2, -0.15) is 0 Å². The Bertz CT molecular complexity index is 231. The number of rotatable bonds is 3. The Morgan fingerprint density at radius 1 is 1.25 bits per heavy atom. The lowest BCUT2D eigenvalue weighted by atomic mass is 9.85. The average Bonchev–Trinajstić information content (AvgIpc) is 2.06. The van der Waals surface area contributed by atoms with Crippen LogP contribution in [0.5, 0.6) is 0 Å². The molecular formula is C10H14IN. The molecule has 0 amide bonds. The summed E-state index contributed by atoms with van der Waals surface area (Å²) in [6.07, 6.45) is 0. The third kappa shape index (κ3) is 2.45. The standard InChI is InChI=1S/C10H14IN/c1-10(2,8-12-11)9-6-4-3-5-7-9/h3-7,12H,8H2,1-2H3. The van der Waals surface area contributed by atoms with Gasteiger partial charge in [-0.1, -0.05) is 44.2 Å². The van der Waals surface area contributed by atoms with Crippen LogP contribution in [0.3, 0.4) is 0 Å². The van der Waals surface area contributed by atoms with Crippen LogP contribution in [0.15, 0.2) is 30.3 Å². The molecule has 0 bridgehead atoms. The van der Waals surface area contributed by atoms with Crippen LogP contribution in [-0.2, 0) is 5.41 Å². The van der Waals surface area contributed by atoms with Crippen molar-refractivity contribution in [1.29, 1.82) is 0 Å². The fourth-order valence-electron chi connectivity index (χ4n) is 1.16. The topological polar surface area (TPSA) is 12.0 Å². The molecular weight excluding hydrogens is 261 g/mol. The number of benzene rings is 1. The second-order valence-corrected chi connectivity index (χ2v) is 4.32. The van der Waals surface area contributed by atoms with Gasteiger partial charge in [-0.05, 0) is 5.56 Å². The monoisotopic (exact) mass is 275 g/mol. The molecule has 0 fully saturated rings. The van der Waals surface area contributed by atoms with Gasteiger partial charge in [0.1, 0.15) is 0 Å². The van der Waals surface area contributed by atoms with E-state index in [1.54, 1.807) is 0 Å². The van der Waals surface area contributed by atoms with Gasteiger partial charge in [0.2, 0.25) is 0 Å². The predicted molar refractivity (Wildman–Crippen MR) is 61.5 cm³/mol. The van der Waals surface area contributed by atoms with Crippen molar-refractivity contribution in [2.75, 3.05) is 6.54 Å². The molecule has 0 aliphatic rings. The molecule has 0 aliphatic carbocycles. The second-order valence-electron chi connectivity index (χ2n) is 3.56. The molecule has 0 unspecified atom stereocenters. The molecule has 0 heterocycles. The van der Waals surface area contributed by atoms with Crippen LogP contribution in [0.25, 0.3) is 0 Å². The van der Waals surface area contributed by atoms with Crippen LogP contribution < -0.4 is 3.53 Å². The zero-order valence-electron chi connectivity index (χ0n) is 7.47. The lowest BCUT2D eigenvalue weighted by Crippen LogP contribution is -2.27. The molecule has 1 N–H and O–H groups in total. The fraction of sp³-hybridized carbons (Fsp3) is 0.400. The summed E-state index contributed by atoms with van der Waals surface area (Å²) in [5.74, 6) is 0. The first-order chi connectivity index (χ1) is 5.67. The van der Waals surface area contributed by atoms with Gasteiger partial charge in [-0.25, -0.2) is 0 Å². The van der Waals surface area contributed by atoms with Crippen molar-refractivity contribution in [3.8, 4) is 0 Å². The van der Waals surface area contributed by atoms with Gasteiger partial charge < -0.3 is 0 Å². The molecule has 1 aromatic carbocycles. The van der Waals surface area contributed by atoms with Gasteiger partial charge in [-0.15, -0.1) is 0 Å². The highest BCUT2D eigenvalue weighted by Crippen LogP contribution is 2.21. The van der Waals surface area contributed by atoms with Crippen molar-refractivity contribution in [1.82, 2.24) is 3.53 Å². The Kier molecular flexibility index (Phi) is 3.53. The van der Waals surface area contributed by atoms with E-state index in [0.29, 0.717) is 0 Å². The highest BCUT2D eigenvalue weighted by Gasteiger charge is 2.18. The quantitative estimate of drug-likeness (QED) is 0.660. The third-order valence-electron chi connectivity index (χ3n) is 2.06. The Hall–Kier alpha value is -0.0900. The van der Waals surface area contributed by atoms with Crippen molar-refractivity contribution in [2.45, 2.75) is 19.3 Å². The minimum atomic E-state index is 0.225. The summed E-state index contributed by atoms with van der Waals surface area (Å²) in [6, 6.07) is 10.6. The van der Waals surface area contributed by atoms with E-state index in [4.69, 9.17) is 0 Å². The zero-order chi connectivity index (χ0) is 9.03. The highest BCUT2D eigenvalue weighted by molar-refractivity contribution is 14.1. The SMILES string of the molecule is CC(C)(CNI)c1ccccc1. The molecule has 0 saturated carbocycles. The van der Waals surface area contributed by atoms with Crippen molar-refractivity contribution in [3.05, 3.63) is 35.9 Å². The predicted octanol–water partition coefficient (Wildman–Crippen LogP) is 2.90. The lowest BCUT2D eigenvalue weighted by molar-refractivity contribution is 0.529. The first kappa shape index (κ1) is 9.99. The number of halogens is 1. The van der Waals surface area contributed by atoms with Gasteiger partial charge in [0.05, 0.1) is 0 Å². The van der Waals surface area contributed by atoms with E-state index in [1.807, 2.05) is 0 Å². The molecule has 0 spiro atoms. The van der Waals surface area contributed by atoms with E-state index in [1.165, 1.54) is 5.56 Å². The van der Waals surface area contributed by atoms with Crippen LogP contribution in [0, 0.1) is 0 Å². The Balaban J connectivity index is 2.82. The summed E-state index contributed by atoms with van der Waals surface area (Å²) in [4.78, 5) is 0. The van der Waals surface area contributed by atoms with Gasteiger partial charge in [-0.3, -0.25) is 3.53 Å². The number of nitrogens with one attached hydrogen (secondary N) is 1. The van der Waals surface area contributed by atoms with E-state index >= 15 is 0 Å². The van der Waals surface area contributed by atoms with Crippen LogP contribution in [0.1, 0.15) is 19.4 Å². The van der Waals surface area contributed by atoms with Crippen LogP contribution in [0.2, 0.25) is 0 Å². The molecule has 1 aromatic rings. The Labute approximate surface area is 88.1 Å². The van der Waals surface area contributed by atoms with Gasteiger partial charge in [0.15, 0.2) is 0 Å². The molecule has 66 valence electrons. The third-order valence-corrected chi connectivity index (χ3v) is 2.45. The van der Waals surface area contributed by atoms with Crippen molar-refractivity contribution in [2.24, 2.45) is 0 Å². The lowest BCUT2D eigenvalue weighted by Gasteiger charge is -2.24. The highest BCUT2D eigenvalue weighted by atomic mass is 127. The minimum Gasteiger partial charge on any atom is -0.260 e. The van der Waals surface area contributed by atoms with Crippen LogP contribution in [-0.4, -0.2) is 6.54 Å². The molecule has 0 atom stereocenters. The van der Waals surface area contributed by atoms with Crippen molar-refractivity contribution < 1.29 is 0 Å². The van der Waals surface area contributed by atoms with E-state index in [9.17, 15) is 0 Å². The van der Waals surface area contributed by atoms with Crippen molar-refractivity contribution in [3.63, 3.8) is 0 Å². The molecule has 0 radical (unpaired) electrons. The summed E-state index contributed by atoms with van der Waals surface area (Å²) in [6.45, 7) is 5.49. The van der Waals surface area contributed by atoms with E-state index in [0.717, 1.165) is 6.54 Å². The van der Waals surface area contributed by atoms with Gasteiger partial charge in [0, 0.05) is 34.8 Å². The van der Waals surface area contributed by atoms with Crippen molar-refractivity contribution >= 4 is 22.9 Å². The molecule has 2 heteroatoms. The van der Waals surface area contributed by atoms with Crippen LogP contribution >= 0.6 is 22.9 Å². The maximum atomic E-state index is 3.18. The first-order valence-electron chi connectivity index (χ1n) is 4.06. The molecule has 0 saturated heterocycles. The summed E-state index contributed by atoms with van der Waals surface area (Å²) in [5.41, 5.74) is 1.61. The molecule has 0 aliphatic heterocycles. The maximum Gasteiger partial charge on any atom is 0.0169 e. The molecule has 0 aromatic heterocycles. The molecule has 12 heavy (non-hydrogen) atoms. The van der Waals surface area contributed by atoms with Gasteiger partial charge >= 0.3 is 0 Å². The maximum absolute atomic E-state index is 3.18. The summed E-state index contributed by atoms with van der Waals surface area (Å²) in [7, 11) is 0. The van der Waals surface area contributed by atoms with E-state index in [-0.39, 0.29) is 5.41 Å². The number of hydrogen-bond acceptors (Lipinski definition) is 1. The minimum absolute atomic E-state index is 0.225. The average molecular weight is 275 g/mol. The van der Waals surface area contributed by atoms with E-state index < -0.39 is 0 Å². The molecule has 1 nitrogen and oxygen atoms in total. The Morgan fingerprint density at radius 3 is 2.33 bits per heavy atom. The smallest absolute Gasteiger partial charge is 0.0169 e. The molecule has 1 rings (SSSR count). The zero-order valence-corrected chi connectivity index (χ0v) is 9.63. The summed E-state index contributed by atoms with van der Waals surface area (Å²) in [5, 5.41) is 0. The largest absolute Gasteiger partial charge is 0.260 e. The second kappa shape index (κ2) is 4.23.